The number of aliphatic hydroxyl groups is 1. The molecule has 0 radical (unpaired) electrons. The van der Waals surface area contributed by atoms with Gasteiger partial charge in [-0.2, -0.15) is 0 Å². The number of halogens is 1. The van der Waals surface area contributed by atoms with E-state index in [0.717, 1.165) is 16.7 Å². The summed E-state index contributed by atoms with van der Waals surface area (Å²) in [5.41, 5.74) is 2.46. The predicted octanol–water partition coefficient (Wildman–Crippen LogP) is 3.89. The van der Waals surface area contributed by atoms with Crippen LogP contribution in [0.4, 0.5) is 4.39 Å². The molecule has 1 unspecified atom stereocenters. The third-order valence-electron chi connectivity index (χ3n) is 3.28. The van der Waals surface area contributed by atoms with Crippen LogP contribution in [0.1, 0.15) is 29.2 Å². The van der Waals surface area contributed by atoms with E-state index in [0.29, 0.717) is 12.0 Å². The van der Waals surface area contributed by atoms with Gasteiger partial charge in [0.1, 0.15) is 5.82 Å². The van der Waals surface area contributed by atoms with Gasteiger partial charge in [0.15, 0.2) is 0 Å². The van der Waals surface area contributed by atoms with Gasteiger partial charge in [-0.15, -0.1) is 0 Å². The molecule has 0 spiro atoms. The van der Waals surface area contributed by atoms with Gasteiger partial charge in [0.05, 0.1) is 5.60 Å². The summed E-state index contributed by atoms with van der Waals surface area (Å²) in [6.07, 6.45) is 0.399. The fraction of sp³-hybridized carbons (Fsp3) is 0.294. The first-order chi connectivity index (χ1) is 8.88. The fourth-order valence-electron chi connectivity index (χ4n) is 2.56. The highest BCUT2D eigenvalue weighted by Crippen LogP contribution is 2.28. The van der Waals surface area contributed by atoms with Crippen molar-refractivity contribution in [3.05, 3.63) is 70.5 Å². The van der Waals surface area contributed by atoms with Crippen LogP contribution < -0.4 is 0 Å². The van der Waals surface area contributed by atoms with E-state index < -0.39 is 5.60 Å². The Balaban J connectivity index is 2.33. The van der Waals surface area contributed by atoms with Crippen LogP contribution in [-0.4, -0.2) is 5.11 Å². The second kappa shape index (κ2) is 5.14. The van der Waals surface area contributed by atoms with E-state index in [1.54, 1.807) is 25.1 Å². The van der Waals surface area contributed by atoms with Crippen LogP contribution >= 0.6 is 0 Å². The first-order valence-electron chi connectivity index (χ1n) is 6.43. The molecule has 0 aliphatic heterocycles. The van der Waals surface area contributed by atoms with Gasteiger partial charge >= 0.3 is 0 Å². The van der Waals surface area contributed by atoms with Crippen molar-refractivity contribution in [1.82, 2.24) is 0 Å². The Morgan fingerprint density at radius 2 is 1.63 bits per heavy atom. The van der Waals surface area contributed by atoms with Gasteiger partial charge in [-0.05, 0) is 32.4 Å². The van der Waals surface area contributed by atoms with Gasteiger partial charge in [0.2, 0.25) is 0 Å². The maximum Gasteiger partial charge on any atom is 0.129 e. The van der Waals surface area contributed by atoms with Gasteiger partial charge in [-0.3, -0.25) is 0 Å². The molecule has 2 rings (SSSR count). The van der Waals surface area contributed by atoms with E-state index in [4.69, 9.17) is 0 Å². The van der Waals surface area contributed by atoms with Gasteiger partial charge in [-0.1, -0.05) is 47.5 Å². The summed E-state index contributed by atoms with van der Waals surface area (Å²) in [7, 11) is 0. The number of hydrogen-bond donors (Lipinski definition) is 1. The van der Waals surface area contributed by atoms with Gasteiger partial charge < -0.3 is 5.11 Å². The van der Waals surface area contributed by atoms with Crippen LogP contribution in [0, 0.1) is 19.7 Å². The summed E-state index contributed by atoms with van der Waals surface area (Å²) in [5.74, 6) is -0.364. The molecule has 2 aromatic rings. The third-order valence-corrected chi connectivity index (χ3v) is 3.28. The highest BCUT2D eigenvalue weighted by molar-refractivity contribution is 5.32. The highest BCUT2D eigenvalue weighted by atomic mass is 19.1. The Hall–Kier alpha value is -1.67. The lowest BCUT2D eigenvalue weighted by molar-refractivity contribution is 0.0538. The number of rotatable bonds is 3. The van der Waals surface area contributed by atoms with Crippen molar-refractivity contribution in [1.29, 1.82) is 0 Å². The van der Waals surface area contributed by atoms with Crippen LogP contribution in [0.15, 0.2) is 42.5 Å². The molecule has 2 heteroatoms. The molecule has 0 aliphatic carbocycles. The van der Waals surface area contributed by atoms with E-state index in [-0.39, 0.29) is 5.82 Å². The first-order valence-corrected chi connectivity index (χ1v) is 6.43. The van der Waals surface area contributed by atoms with Crippen molar-refractivity contribution in [2.75, 3.05) is 0 Å². The van der Waals surface area contributed by atoms with Gasteiger partial charge in [0.25, 0.3) is 0 Å². The van der Waals surface area contributed by atoms with E-state index in [1.165, 1.54) is 6.07 Å². The zero-order valence-corrected chi connectivity index (χ0v) is 11.6. The van der Waals surface area contributed by atoms with Gasteiger partial charge in [-0.25, -0.2) is 4.39 Å². The lowest BCUT2D eigenvalue weighted by atomic mass is 9.88. The Labute approximate surface area is 113 Å². The normalized spacial score (nSPS) is 14.2. The standard InChI is InChI=1S/C17H19FO/c1-12-8-13(2)10-14(9-12)11-17(3,19)15-6-4-5-7-16(15)18/h4-10,19H,11H2,1-3H3. The molecular weight excluding hydrogens is 239 g/mol. The lowest BCUT2D eigenvalue weighted by Gasteiger charge is -2.25. The minimum absolute atomic E-state index is 0.342. The molecule has 0 bridgehead atoms. The monoisotopic (exact) mass is 258 g/mol. The Morgan fingerprint density at radius 3 is 2.21 bits per heavy atom. The molecule has 2 aromatic carbocycles. The number of aryl methyl sites for hydroxylation is 2. The Kier molecular flexibility index (Phi) is 3.72. The second-order valence-electron chi connectivity index (χ2n) is 5.43. The van der Waals surface area contributed by atoms with E-state index in [1.807, 2.05) is 26.0 Å². The maximum absolute atomic E-state index is 13.8. The van der Waals surface area contributed by atoms with Crippen molar-refractivity contribution < 1.29 is 9.50 Å². The molecule has 1 nitrogen and oxygen atoms in total. The Bertz CT molecular complexity index is 567. The summed E-state index contributed by atoms with van der Waals surface area (Å²) in [6.45, 7) is 5.70. The van der Waals surface area contributed by atoms with E-state index >= 15 is 0 Å². The van der Waals surface area contributed by atoms with Crippen molar-refractivity contribution in [3.8, 4) is 0 Å². The van der Waals surface area contributed by atoms with E-state index in [2.05, 4.69) is 6.07 Å². The van der Waals surface area contributed by atoms with E-state index in [9.17, 15) is 9.50 Å². The molecule has 0 amide bonds. The molecule has 0 saturated heterocycles. The molecule has 0 fully saturated rings. The second-order valence-corrected chi connectivity index (χ2v) is 5.43. The molecule has 0 aliphatic rings. The van der Waals surface area contributed by atoms with Crippen LogP contribution in [0.3, 0.4) is 0 Å². The Morgan fingerprint density at radius 1 is 1.05 bits per heavy atom. The SMILES string of the molecule is Cc1cc(C)cc(CC(C)(O)c2ccccc2F)c1. The largest absolute Gasteiger partial charge is 0.385 e. The molecule has 1 atom stereocenters. The quantitative estimate of drug-likeness (QED) is 0.885. The molecule has 19 heavy (non-hydrogen) atoms. The molecule has 0 saturated carbocycles. The molecule has 0 heterocycles. The minimum atomic E-state index is -1.20. The van der Waals surface area contributed by atoms with Crippen molar-refractivity contribution >= 4 is 0 Å². The molecule has 1 N–H and O–H groups in total. The third kappa shape index (κ3) is 3.21. The van der Waals surface area contributed by atoms with Crippen LogP contribution in [0.5, 0.6) is 0 Å². The fourth-order valence-corrected chi connectivity index (χ4v) is 2.56. The van der Waals surface area contributed by atoms with Crippen molar-refractivity contribution in [2.45, 2.75) is 32.8 Å². The topological polar surface area (TPSA) is 20.2 Å². The zero-order valence-electron chi connectivity index (χ0n) is 11.6. The van der Waals surface area contributed by atoms with Crippen molar-refractivity contribution in [3.63, 3.8) is 0 Å². The minimum Gasteiger partial charge on any atom is -0.385 e. The number of hydrogen-bond acceptors (Lipinski definition) is 1. The summed E-state index contributed by atoms with van der Waals surface area (Å²) < 4.78 is 13.8. The van der Waals surface area contributed by atoms with Crippen molar-refractivity contribution in [2.24, 2.45) is 0 Å². The van der Waals surface area contributed by atoms with Gasteiger partial charge in [0, 0.05) is 12.0 Å². The molecular formula is C17H19FO. The van der Waals surface area contributed by atoms with Crippen LogP contribution in [0.25, 0.3) is 0 Å². The molecule has 0 aromatic heterocycles. The summed E-state index contributed by atoms with van der Waals surface area (Å²) in [5, 5.41) is 10.6. The molecule has 100 valence electrons. The maximum atomic E-state index is 13.8. The zero-order chi connectivity index (χ0) is 14.0. The van der Waals surface area contributed by atoms with Crippen LogP contribution in [0.2, 0.25) is 0 Å². The smallest absolute Gasteiger partial charge is 0.129 e. The average Bonchev–Trinajstić information content (AvgIpc) is 2.26. The number of benzene rings is 2. The summed E-state index contributed by atoms with van der Waals surface area (Å²) >= 11 is 0. The predicted molar refractivity (Wildman–Crippen MR) is 75.6 cm³/mol. The van der Waals surface area contributed by atoms with Crippen LogP contribution in [-0.2, 0) is 12.0 Å². The summed E-state index contributed by atoms with van der Waals surface area (Å²) in [6, 6.07) is 12.5. The first kappa shape index (κ1) is 13.8. The highest BCUT2D eigenvalue weighted by Gasteiger charge is 2.26. The summed E-state index contributed by atoms with van der Waals surface area (Å²) in [4.78, 5) is 0. The lowest BCUT2D eigenvalue weighted by Crippen LogP contribution is -2.25. The average molecular weight is 258 g/mol.